The summed E-state index contributed by atoms with van der Waals surface area (Å²) in [6.07, 6.45) is 6.96. The number of imide groups is 2. The van der Waals surface area contributed by atoms with Gasteiger partial charge in [0.25, 0.3) is 11.8 Å². The number of aromatic nitrogens is 1. The molecule has 1 saturated heterocycles. The van der Waals surface area contributed by atoms with Crippen molar-refractivity contribution in [2.45, 2.75) is 82.8 Å². The first-order valence-corrected chi connectivity index (χ1v) is 20.4. The van der Waals surface area contributed by atoms with Gasteiger partial charge >= 0.3 is 0 Å². The summed E-state index contributed by atoms with van der Waals surface area (Å²) >= 11 is 1.48. The van der Waals surface area contributed by atoms with Gasteiger partial charge in [-0.3, -0.25) is 39.0 Å². The first-order chi connectivity index (χ1) is 27.0. The summed E-state index contributed by atoms with van der Waals surface area (Å²) in [6.45, 7) is 4.29. The lowest BCUT2D eigenvalue weighted by atomic mass is 9.65. The van der Waals surface area contributed by atoms with Crippen LogP contribution in [0.25, 0.3) is 11.3 Å². The highest BCUT2D eigenvalue weighted by atomic mass is 32.1. The Bertz CT molecular complexity index is 2170. The predicted octanol–water partition coefficient (Wildman–Crippen LogP) is 4.61. The van der Waals surface area contributed by atoms with E-state index in [9.17, 15) is 28.8 Å². The van der Waals surface area contributed by atoms with Gasteiger partial charge in [-0.1, -0.05) is 12.1 Å². The van der Waals surface area contributed by atoms with Crippen LogP contribution in [0.3, 0.4) is 0 Å². The SMILES string of the molecule is Cc1sc(NC(=O)CC23CCC(OCCOCCNc4cccc5c4C(=O)N(C4CCC(=O)NC4=O)C5=O)(C2)C3)nc1-c1ccc2c(c1)CCN2C(=O)C1CC1. The van der Waals surface area contributed by atoms with Crippen molar-refractivity contribution in [3.8, 4) is 11.3 Å². The summed E-state index contributed by atoms with van der Waals surface area (Å²) in [4.78, 5) is 85.0. The van der Waals surface area contributed by atoms with Crippen LogP contribution in [0.5, 0.6) is 0 Å². The molecule has 1 unspecified atom stereocenters. The molecule has 10 rings (SSSR count). The number of benzene rings is 2. The Morgan fingerprint density at radius 1 is 1.00 bits per heavy atom. The molecule has 56 heavy (non-hydrogen) atoms. The van der Waals surface area contributed by atoms with Gasteiger partial charge in [0.1, 0.15) is 6.04 Å². The third kappa shape index (κ3) is 6.68. The number of hydrogen-bond donors (Lipinski definition) is 3. The van der Waals surface area contributed by atoms with E-state index in [1.54, 1.807) is 18.2 Å². The minimum absolute atomic E-state index is 0.0291. The normalized spacial score (nSPS) is 24.9. The molecular formula is C41H44N6O8S. The second-order valence-electron chi connectivity index (χ2n) is 16.1. The van der Waals surface area contributed by atoms with Gasteiger partial charge in [0.15, 0.2) is 5.13 Å². The van der Waals surface area contributed by atoms with E-state index in [-0.39, 0.29) is 52.7 Å². The fourth-order valence-electron chi connectivity index (χ4n) is 9.44. The van der Waals surface area contributed by atoms with Gasteiger partial charge in [-0.2, -0.15) is 0 Å². The standard InChI is InChI=1S/C41H44N6O8S/c1-23-34(26-7-8-29-25(19-26)11-15-46(29)36(51)24-5-6-24)45-39(56-23)44-32(49)20-40-12-13-41(21-40,22-40)55-18-17-54-16-14-42-28-4-2-3-27-33(28)38(53)47(37(27)52)30-9-10-31(48)43-35(30)50/h2-4,7-8,19,24,30,42H,5-6,9-18,20-22H2,1H3,(H,43,48,50)(H,44,45,49). The van der Waals surface area contributed by atoms with Gasteiger partial charge < -0.3 is 25.0 Å². The lowest BCUT2D eigenvalue weighted by molar-refractivity contribution is -0.141. The molecule has 4 heterocycles. The maximum atomic E-state index is 13.3. The molecule has 3 aromatic rings. The number of amides is 6. The van der Waals surface area contributed by atoms with E-state index in [4.69, 9.17) is 14.5 Å². The minimum atomic E-state index is -1.02. The van der Waals surface area contributed by atoms with Crippen molar-refractivity contribution in [3.63, 3.8) is 0 Å². The Balaban J connectivity index is 0.703. The fraction of sp³-hybridized carbons (Fsp3) is 0.488. The Hall–Kier alpha value is -4.99. The number of nitrogens with one attached hydrogen (secondary N) is 3. The number of piperidine rings is 1. The molecule has 4 saturated carbocycles. The van der Waals surface area contributed by atoms with Crippen LogP contribution in [0, 0.1) is 18.3 Å². The molecule has 14 nitrogen and oxygen atoms in total. The molecule has 292 valence electrons. The van der Waals surface area contributed by atoms with E-state index in [2.05, 4.69) is 22.0 Å². The van der Waals surface area contributed by atoms with Crippen molar-refractivity contribution >= 4 is 63.3 Å². The average molecular weight is 781 g/mol. The van der Waals surface area contributed by atoms with Crippen LogP contribution in [0.2, 0.25) is 0 Å². The third-order valence-electron chi connectivity index (χ3n) is 12.2. The van der Waals surface area contributed by atoms with Gasteiger partial charge in [0.05, 0.1) is 42.2 Å². The highest BCUT2D eigenvalue weighted by Gasteiger charge is 2.62. The number of carbonyl (C=O) groups excluding carboxylic acids is 6. The largest absolute Gasteiger partial charge is 0.382 e. The monoisotopic (exact) mass is 780 g/mol. The zero-order chi connectivity index (χ0) is 38.8. The number of hydrogen-bond acceptors (Lipinski definition) is 11. The molecule has 15 heteroatoms. The van der Waals surface area contributed by atoms with E-state index in [0.717, 1.165) is 78.2 Å². The van der Waals surface area contributed by atoms with E-state index in [1.807, 2.05) is 24.0 Å². The van der Waals surface area contributed by atoms with Gasteiger partial charge in [0.2, 0.25) is 23.6 Å². The Labute approximate surface area is 327 Å². The molecule has 0 spiro atoms. The van der Waals surface area contributed by atoms with Crippen molar-refractivity contribution in [1.29, 1.82) is 0 Å². The van der Waals surface area contributed by atoms with E-state index in [1.165, 1.54) is 16.9 Å². The van der Waals surface area contributed by atoms with Gasteiger partial charge in [-0.15, -0.1) is 11.3 Å². The lowest BCUT2D eigenvalue weighted by Crippen LogP contribution is -2.54. The summed E-state index contributed by atoms with van der Waals surface area (Å²) in [5, 5.41) is 9.06. The quantitative estimate of drug-likeness (QED) is 0.155. The molecule has 2 aromatic carbocycles. The van der Waals surface area contributed by atoms with Crippen LogP contribution in [0.15, 0.2) is 36.4 Å². The molecule has 6 amide bonds. The predicted molar refractivity (Wildman–Crippen MR) is 206 cm³/mol. The lowest BCUT2D eigenvalue weighted by Gasteiger charge is -2.46. The summed E-state index contributed by atoms with van der Waals surface area (Å²) in [5.41, 5.74) is 4.68. The van der Waals surface area contributed by atoms with Gasteiger partial charge in [-0.05, 0) is 93.5 Å². The zero-order valence-electron chi connectivity index (χ0n) is 31.2. The number of thiazole rings is 1. The molecule has 2 bridgehead atoms. The van der Waals surface area contributed by atoms with Crippen LogP contribution in [-0.4, -0.2) is 89.9 Å². The zero-order valence-corrected chi connectivity index (χ0v) is 32.1. The maximum Gasteiger partial charge on any atom is 0.264 e. The molecule has 1 atom stereocenters. The molecule has 0 radical (unpaired) electrons. The van der Waals surface area contributed by atoms with E-state index in [0.29, 0.717) is 43.6 Å². The number of nitrogens with zero attached hydrogens (tertiary/aromatic N) is 3. The summed E-state index contributed by atoms with van der Waals surface area (Å²) < 4.78 is 12.1. The number of carbonyl (C=O) groups is 6. The molecule has 3 aliphatic heterocycles. The van der Waals surface area contributed by atoms with Crippen molar-refractivity contribution in [2.24, 2.45) is 11.3 Å². The highest BCUT2D eigenvalue weighted by Crippen LogP contribution is 2.65. The molecular weight excluding hydrogens is 737 g/mol. The number of anilines is 3. The third-order valence-corrected chi connectivity index (χ3v) is 13.1. The Kier molecular flexibility index (Phi) is 9.28. The maximum absolute atomic E-state index is 13.3. The number of rotatable bonds is 14. The van der Waals surface area contributed by atoms with Crippen LogP contribution < -0.4 is 20.9 Å². The minimum Gasteiger partial charge on any atom is -0.382 e. The first-order valence-electron chi connectivity index (χ1n) is 19.5. The molecule has 3 N–H and O–H groups in total. The summed E-state index contributed by atoms with van der Waals surface area (Å²) in [6, 6.07) is 10.1. The van der Waals surface area contributed by atoms with E-state index < -0.39 is 29.7 Å². The topological polar surface area (TPSA) is 176 Å². The molecule has 1 aromatic heterocycles. The number of ether oxygens (including phenoxy) is 2. The van der Waals surface area contributed by atoms with Crippen molar-refractivity contribution < 1.29 is 38.2 Å². The molecule has 5 fully saturated rings. The summed E-state index contributed by atoms with van der Waals surface area (Å²) in [7, 11) is 0. The van der Waals surface area contributed by atoms with Crippen LogP contribution in [0.1, 0.15) is 88.9 Å². The summed E-state index contributed by atoms with van der Waals surface area (Å²) in [5.74, 6) is -1.75. The molecule has 4 aliphatic carbocycles. The highest BCUT2D eigenvalue weighted by molar-refractivity contribution is 7.16. The van der Waals surface area contributed by atoms with Crippen LogP contribution in [0.4, 0.5) is 16.5 Å². The van der Waals surface area contributed by atoms with Crippen molar-refractivity contribution in [3.05, 3.63) is 58.0 Å². The fourth-order valence-corrected chi connectivity index (χ4v) is 10.3. The van der Waals surface area contributed by atoms with Gasteiger partial charge in [0, 0.05) is 53.7 Å². The Morgan fingerprint density at radius 2 is 1.84 bits per heavy atom. The number of fused-ring (bicyclic) bond motifs is 3. The second-order valence-corrected chi connectivity index (χ2v) is 17.3. The average Bonchev–Trinajstić information content (AvgIpc) is 3.36. The second kappa shape index (κ2) is 14.2. The van der Waals surface area contributed by atoms with E-state index >= 15 is 0 Å². The van der Waals surface area contributed by atoms with Crippen LogP contribution >= 0.6 is 11.3 Å². The van der Waals surface area contributed by atoms with Crippen molar-refractivity contribution in [1.82, 2.24) is 15.2 Å². The number of aryl methyl sites for hydroxylation is 1. The first kappa shape index (κ1) is 36.6. The molecule has 7 aliphatic rings. The Morgan fingerprint density at radius 3 is 2.64 bits per heavy atom. The van der Waals surface area contributed by atoms with Crippen molar-refractivity contribution in [2.75, 3.05) is 48.4 Å². The van der Waals surface area contributed by atoms with Crippen LogP contribution in [-0.2, 0) is 35.1 Å². The van der Waals surface area contributed by atoms with Gasteiger partial charge in [-0.25, -0.2) is 4.98 Å². The smallest absolute Gasteiger partial charge is 0.264 e.